The zero-order valence-corrected chi connectivity index (χ0v) is 10.6. The summed E-state index contributed by atoms with van der Waals surface area (Å²) >= 11 is 0. The molecule has 0 atom stereocenters. The second-order valence-corrected chi connectivity index (χ2v) is 5.39. The SMILES string of the molecule is Cc1[nH]nc(CN)c1S(=O)(=O)NCc1ncc[nH]1. The molecule has 0 spiro atoms. The van der Waals surface area contributed by atoms with E-state index in [4.69, 9.17) is 5.73 Å². The molecular weight excluding hydrogens is 256 g/mol. The Hall–Kier alpha value is -1.71. The van der Waals surface area contributed by atoms with Gasteiger partial charge in [-0.15, -0.1) is 0 Å². The summed E-state index contributed by atoms with van der Waals surface area (Å²) in [5, 5.41) is 6.47. The van der Waals surface area contributed by atoms with E-state index in [-0.39, 0.29) is 18.0 Å². The molecule has 0 aliphatic heterocycles. The Balaban J connectivity index is 2.22. The van der Waals surface area contributed by atoms with Gasteiger partial charge in [0.25, 0.3) is 0 Å². The number of H-pyrrole nitrogens is 2. The van der Waals surface area contributed by atoms with Gasteiger partial charge in [-0.25, -0.2) is 18.1 Å². The van der Waals surface area contributed by atoms with E-state index in [1.165, 1.54) is 0 Å². The second kappa shape index (κ2) is 4.88. The van der Waals surface area contributed by atoms with Gasteiger partial charge in [0.15, 0.2) is 0 Å². The lowest BCUT2D eigenvalue weighted by molar-refractivity contribution is 0.578. The molecule has 0 aromatic carbocycles. The molecule has 0 unspecified atom stereocenters. The van der Waals surface area contributed by atoms with E-state index in [1.54, 1.807) is 19.3 Å². The van der Waals surface area contributed by atoms with Gasteiger partial charge in [0.1, 0.15) is 10.7 Å². The Morgan fingerprint density at radius 2 is 2.28 bits per heavy atom. The summed E-state index contributed by atoms with van der Waals surface area (Å²) in [5.74, 6) is 0.536. The number of nitrogens with one attached hydrogen (secondary N) is 3. The lowest BCUT2D eigenvalue weighted by Crippen LogP contribution is -2.25. The average molecular weight is 270 g/mol. The number of aryl methyl sites for hydroxylation is 1. The minimum absolute atomic E-state index is 0.0569. The molecule has 2 rings (SSSR count). The Kier molecular flexibility index (Phi) is 3.45. The van der Waals surface area contributed by atoms with Crippen LogP contribution in [0, 0.1) is 6.92 Å². The molecule has 98 valence electrons. The average Bonchev–Trinajstić information content (AvgIpc) is 2.95. The summed E-state index contributed by atoms with van der Waals surface area (Å²) < 4.78 is 26.7. The predicted molar refractivity (Wildman–Crippen MR) is 63.8 cm³/mol. The Labute approximate surface area is 104 Å². The molecule has 0 aliphatic rings. The highest BCUT2D eigenvalue weighted by Gasteiger charge is 2.23. The fourth-order valence-corrected chi connectivity index (χ4v) is 2.95. The molecule has 2 aromatic heterocycles. The monoisotopic (exact) mass is 270 g/mol. The van der Waals surface area contributed by atoms with Gasteiger partial charge in [0.2, 0.25) is 10.0 Å². The molecule has 0 bridgehead atoms. The third kappa shape index (κ3) is 2.42. The quantitative estimate of drug-likeness (QED) is 0.575. The van der Waals surface area contributed by atoms with Crippen molar-refractivity contribution >= 4 is 10.0 Å². The Morgan fingerprint density at radius 3 is 2.89 bits per heavy atom. The summed E-state index contributed by atoms with van der Waals surface area (Å²) in [6.07, 6.45) is 3.18. The summed E-state index contributed by atoms with van der Waals surface area (Å²) in [4.78, 5) is 6.85. The smallest absolute Gasteiger partial charge is 0.244 e. The topological polar surface area (TPSA) is 130 Å². The van der Waals surface area contributed by atoms with Crippen molar-refractivity contribution in [1.29, 1.82) is 0 Å². The van der Waals surface area contributed by atoms with E-state index in [0.29, 0.717) is 17.2 Å². The van der Waals surface area contributed by atoms with Crippen LogP contribution in [0.4, 0.5) is 0 Å². The van der Waals surface area contributed by atoms with E-state index in [2.05, 4.69) is 24.9 Å². The molecule has 0 saturated carbocycles. The normalized spacial score (nSPS) is 11.9. The van der Waals surface area contributed by atoms with E-state index >= 15 is 0 Å². The van der Waals surface area contributed by atoms with Crippen LogP contribution >= 0.6 is 0 Å². The minimum Gasteiger partial charge on any atom is -0.347 e. The molecule has 8 nitrogen and oxygen atoms in total. The fourth-order valence-electron chi connectivity index (χ4n) is 1.59. The van der Waals surface area contributed by atoms with Crippen LogP contribution < -0.4 is 10.5 Å². The molecule has 0 amide bonds. The third-order valence-electron chi connectivity index (χ3n) is 2.41. The lowest BCUT2D eigenvalue weighted by Gasteiger charge is -2.05. The van der Waals surface area contributed by atoms with E-state index < -0.39 is 10.0 Å². The van der Waals surface area contributed by atoms with Crippen LogP contribution in [0.3, 0.4) is 0 Å². The maximum Gasteiger partial charge on any atom is 0.244 e. The maximum atomic E-state index is 12.1. The van der Waals surface area contributed by atoms with Crippen molar-refractivity contribution in [2.24, 2.45) is 5.73 Å². The van der Waals surface area contributed by atoms with Gasteiger partial charge in [0, 0.05) is 18.9 Å². The lowest BCUT2D eigenvalue weighted by atomic mass is 10.4. The number of nitrogens with zero attached hydrogens (tertiary/aromatic N) is 2. The number of imidazole rings is 1. The number of sulfonamides is 1. The van der Waals surface area contributed by atoms with Gasteiger partial charge in [-0.3, -0.25) is 5.10 Å². The van der Waals surface area contributed by atoms with Crippen LogP contribution in [0.1, 0.15) is 17.2 Å². The number of hydrogen-bond donors (Lipinski definition) is 4. The predicted octanol–water partition coefficient (Wildman–Crippen LogP) is -0.622. The number of aromatic amines is 2. The van der Waals surface area contributed by atoms with Gasteiger partial charge in [-0.1, -0.05) is 0 Å². The summed E-state index contributed by atoms with van der Waals surface area (Å²) in [6.45, 7) is 1.78. The van der Waals surface area contributed by atoms with Crippen LogP contribution in [0.5, 0.6) is 0 Å². The molecule has 2 aromatic rings. The molecule has 5 N–H and O–H groups in total. The number of nitrogens with two attached hydrogens (primary N) is 1. The maximum absolute atomic E-state index is 12.1. The van der Waals surface area contributed by atoms with Crippen molar-refractivity contribution in [2.75, 3.05) is 0 Å². The Bertz CT molecular complexity index is 616. The fraction of sp³-hybridized carbons (Fsp3) is 0.333. The molecule has 0 radical (unpaired) electrons. The van der Waals surface area contributed by atoms with Crippen LogP contribution in [0.15, 0.2) is 17.3 Å². The summed E-state index contributed by atoms with van der Waals surface area (Å²) in [6, 6.07) is 0. The Morgan fingerprint density at radius 1 is 1.50 bits per heavy atom. The third-order valence-corrected chi connectivity index (χ3v) is 4.01. The first kappa shape index (κ1) is 12.7. The first-order valence-corrected chi connectivity index (χ1v) is 6.74. The zero-order chi connectivity index (χ0) is 13.2. The first-order valence-electron chi connectivity index (χ1n) is 5.26. The van der Waals surface area contributed by atoms with Crippen molar-refractivity contribution in [3.05, 3.63) is 29.6 Å². The first-order chi connectivity index (χ1) is 8.54. The van der Waals surface area contributed by atoms with E-state index in [1.807, 2.05) is 0 Å². The summed E-state index contributed by atoms with van der Waals surface area (Å²) in [5.41, 5.74) is 6.24. The minimum atomic E-state index is -3.65. The van der Waals surface area contributed by atoms with Crippen molar-refractivity contribution < 1.29 is 8.42 Å². The number of hydrogen-bond acceptors (Lipinski definition) is 5. The molecule has 0 aliphatic carbocycles. The van der Waals surface area contributed by atoms with Crippen LogP contribution in [-0.4, -0.2) is 28.6 Å². The van der Waals surface area contributed by atoms with Gasteiger partial charge in [-0.2, -0.15) is 5.10 Å². The highest BCUT2D eigenvalue weighted by atomic mass is 32.2. The standard InChI is InChI=1S/C9H14N6O2S/c1-6-9(7(4-10)15-14-6)18(16,17)13-5-8-11-2-3-12-8/h2-3,13H,4-5,10H2,1H3,(H,11,12)(H,14,15). The van der Waals surface area contributed by atoms with Gasteiger partial charge < -0.3 is 10.7 Å². The van der Waals surface area contributed by atoms with Gasteiger partial charge >= 0.3 is 0 Å². The molecule has 0 fully saturated rings. The summed E-state index contributed by atoms with van der Waals surface area (Å²) in [7, 11) is -3.65. The van der Waals surface area contributed by atoms with Gasteiger partial charge in [-0.05, 0) is 6.92 Å². The highest BCUT2D eigenvalue weighted by molar-refractivity contribution is 7.89. The van der Waals surface area contributed by atoms with Gasteiger partial charge in [0.05, 0.1) is 17.9 Å². The zero-order valence-electron chi connectivity index (χ0n) is 9.77. The molecule has 18 heavy (non-hydrogen) atoms. The van der Waals surface area contributed by atoms with Crippen molar-refractivity contribution in [3.63, 3.8) is 0 Å². The van der Waals surface area contributed by atoms with Crippen LogP contribution in [0.2, 0.25) is 0 Å². The van der Waals surface area contributed by atoms with Crippen molar-refractivity contribution in [3.8, 4) is 0 Å². The van der Waals surface area contributed by atoms with Crippen LogP contribution in [-0.2, 0) is 23.1 Å². The van der Waals surface area contributed by atoms with Crippen molar-refractivity contribution in [2.45, 2.75) is 24.9 Å². The second-order valence-electron chi connectivity index (χ2n) is 3.69. The van der Waals surface area contributed by atoms with Crippen molar-refractivity contribution in [1.82, 2.24) is 24.9 Å². The number of rotatable bonds is 5. The van der Waals surface area contributed by atoms with E-state index in [9.17, 15) is 8.42 Å². The van der Waals surface area contributed by atoms with E-state index in [0.717, 1.165) is 0 Å². The molecule has 2 heterocycles. The highest BCUT2D eigenvalue weighted by Crippen LogP contribution is 2.16. The molecular formula is C9H14N6O2S. The van der Waals surface area contributed by atoms with Crippen LogP contribution in [0.25, 0.3) is 0 Å². The molecule has 9 heteroatoms. The largest absolute Gasteiger partial charge is 0.347 e. The molecule has 0 saturated heterocycles. The number of aromatic nitrogens is 4.